The number of thiazole rings is 1. The summed E-state index contributed by atoms with van der Waals surface area (Å²) in [7, 11) is 1.92. The summed E-state index contributed by atoms with van der Waals surface area (Å²) in [6.07, 6.45) is 1.66. The molecule has 0 aliphatic heterocycles. The Balaban J connectivity index is 1.68. The monoisotopic (exact) mass is 365 g/mol. The van der Waals surface area contributed by atoms with Crippen LogP contribution in [-0.2, 0) is 11.8 Å². The number of aryl methyl sites for hydroxylation is 1. The highest BCUT2D eigenvalue weighted by atomic mass is 32.2. The molecule has 3 aromatic heterocycles. The molecule has 0 unspecified atom stereocenters. The molecule has 0 atom stereocenters. The van der Waals surface area contributed by atoms with Crippen LogP contribution in [0.1, 0.15) is 10.4 Å². The predicted molar refractivity (Wildman–Crippen MR) is 95.3 cm³/mol. The van der Waals surface area contributed by atoms with Gasteiger partial charge in [-0.25, -0.2) is 4.98 Å². The minimum absolute atomic E-state index is 0.0999. The molecule has 6 nitrogen and oxygen atoms in total. The Morgan fingerprint density at radius 1 is 1.35 bits per heavy atom. The van der Waals surface area contributed by atoms with Crippen molar-refractivity contribution in [3.8, 4) is 11.4 Å². The average Bonchev–Trinajstić information content (AvgIpc) is 3.22. The number of nitrogens with one attached hydrogen (secondary N) is 1. The van der Waals surface area contributed by atoms with Gasteiger partial charge in [-0.15, -0.1) is 32.9 Å². The number of carbonyl (C=O) groups is 1. The number of anilines is 1. The Morgan fingerprint density at radius 3 is 2.83 bits per heavy atom. The smallest absolute Gasteiger partial charge is 0.236 e. The zero-order valence-corrected chi connectivity index (χ0v) is 15.3. The second-order valence-electron chi connectivity index (χ2n) is 4.87. The Kier molecular flexibility index (Phi) is 4.79. The van der Waals surface area contributed by atoms with Crippen molar-refractivity contribution in [1.29, 1.82) is 0 Å². The molecule has 3 rings (SSSR count). The molecule has 3 heterocycles. The van der Waals surface area contributed by atoms with Crippen molar-refractivity contribution in [3.05, 3.63) is 27.4 Å². The van der Waals surface area contributed by atoms with E-state index in [0.29, 0.717) is 5.13 Å². The molecule has 0 spiro atoms. The third-order valence-corrected chi connectivity index (χ3v) is 6.09. The van der Waals surface area contributed by atoms with Gasteiger partial charge < -0.3 is 9.88 Å². The van der Waals surface area contributed by atoms with Crippen LogP contribution in [0.3, 0.4) is 0 Å². The van der Waals surface area contributed by atoms with E-state index in [1.807, 2.05) is 17.0 Å². The van der Waals surface area contributed by atoms with Gasteiger partial charge in [0.1, 0.15) is 0 Å². The number of nitrogens with zero attached hydrogens (tertiary/aromatic N) is 4. The first kappa shape index (κ1) is 16.2. The minimum Gasteiger partial charge on any atom is -0.305 e. The summed E-state index contributed by atoms with van der Waals surface area (Å²) in [5.74, 6) is 0.999. The van der Waals surface area contributed by atoms with Crippen molar-refractivity contribution in [2.45, 2.75) is 19.0 Å². The molecule has 0 saturated carbocycles. The van der Waals surface area contributed by atoms with Crippen LogP contribution in [0, 0.1) is 13.8 Å². The van der Waals surface area contributed by atoms with Gasteiger partial charge >= 0.3 is 0 Å². The minimum atomic E-state index is -0.0999. The number of carbonyl (C=O) groups excluding carboxylic acids is 1. The lowest BCUT2D eigenvalue weighted by Gasteiger charge is -2.04. The number of aromatic nitrogens is 4. The van der Waals surface area contributed by atoms with E-state index < -0.39 is 0 Å². The van der Waals surface area contributed by atoms with Crippen LogP contribution in [0.15, 0.2) is 22.1 Å². The van der Waals surface area contributed by atoms with Gasteiger partial charge in [0.2, 0.25) is 5.91 Å². The zero-order chi connectivity index (χ0) is 16.4. The highest BCUT2D eigenvalue weighted by Gasteiger charge is 2.16. The third-order valence-electron chi connectivity index (χ3n) is 3.37. The first-order chi connectivity index (χ1) is 11.1. The van der Waals surface area contributed by atoms with Crippen LogP contribution in [0.4, 0.5) is 5.13 Å². The lowest BCUT2D eigenvalue weighted by Crippen LogP contribution is -2.14. The standard InChI is InChI=1S/C14H15N5OS3/c1-8-9(2)22-6-10(8)12-17-18-14(19(12)3)23-7-11(20)16-13-15-4-5-21-13/h4-6H,7H2,1-3H3,(H,15,16,20). The summed E-state index contributed by atoms with van der Waals surface area (Å²) in [6.45, 7) is 4.18. The van der Waals surface area contributed by atoms with Gasteiger partial charge in [-0.3, -0.25) is 4.79 Å². The van der Waals surface area contributed by atoms with E-state index in [-0.39, 0.29) is 11.7 Å². The highest BCUT2D eigenvalue weighted by Crippen LogP contribution is 2.30. The Hall–Kier alpha value is -1.71. The predicted octanol–water partition coefficient (Wildman–Crippen LogP) is 3.35. The number of hydrogen-bond donors (Lipinski definition) is 1. The average molecular weight is 366 g/mol. The highest BCUT2D eigenvalue weighted by molar-refractivity contribution is 7.99. The van der Waals surface area contributed by atoms with Gasteiger partial charge in [0.15, 0.2) is 16.1 Å². The molecule has 0 saturated heterocycles. The van der Waals surface area contributed by atoms with Gasteiger partial charge in [0.05, 0.1) is 5.75 Å². The van der Waals surface area contributed by atoms with Crippen LogP contribution in [0.25, 0.3) is 11.4 Å². The molecule has 0 aromatic carbocycles. The summed E-state index contributed by atoms with van der Waals surface area (Å²) in [5.41, 5.74) is 2.32. The lowest BCUT2D eigenvalue weighted by atomic mass is 10.2. The summed E-state index contributed by atoms with van der Waals surface area (Å²) in [5, 5.41) is 16.5. The maximum absolute atomic E-state index is 11.9. The normalized spacial score (nSPS) is 10.9. The van der Waals surface area contributed by atoms with E-state index in [0.717, 1.165) is 16.5 Å². The first-order valence-electron chi connectivity index (χ1n) is 6.83. The van der Waals surface area contributed by atoms with Gasteiger partial charge in [0.25, 0.3) is 0 Å². The summed E-state index contributed by atoms with van der Waals surface area (Å²) in [4.78, 5) is 17.2. The van der Waals surface area contributed by atoms with Crippen LogP contribution < -0.4 is 5.32 Å². The summed E-state index contributed by atoms with van der Waals surface area (Å²) in [6, 6.07) is 0. The Bertz CT molecular complexity index is 822. The SMILES string of the molecule is Cc1scc(-c2nnc(SCC(=O)Nc3nccs3)n2C)c1C. The maximum Gasteiger partial charge on any atom is 0.236 e. The van der Waals surface area contributed by atoms with Crippen LogP contribution >= 0.6 is 34.4 Å². The van der Waals surface area contributed by atoms with Crippen molar-refractivity contribution in [3.63, 3.8) is 0 Å². The quantitative estimate of drug-likeness (QED) is 0.702. The van der Waals surface area contributed by atoms with Crippen LogP contribution in [-0.4, -0.2) is 31.4 Å². The molecule has 0 aliphatic carbocycles. The van der Waals surface area contributed by atoms with Crippen molar-refractivity contribution >= 4 is 45.5 Å². The van der Waals surface area contributed by atoms with E-state index >= 15 is 0 Å². The van der Waals surface area contributed by atoms with Crippen molar-refractivity contribution in [2.24, 2.45) is 7.05 Å². The number of amides is 1. The molecule has 9 heteroatoms. The summed E-state index contributed by atoms with van der Waals surface area (Å²) < 4.78 is 1.93. The van der Waals surface area contributed by atoms with Gasteiger partial charge in [-0.05, 0) is 19.4 Å². The molecule has 0 radical (unpaired) electrons. The van der Waals surface area contributed by atoms with Crippen molar-refractivity contribution < 1.29 is 4.79 Å². The van der Waals surface area contributed by atoms with Crippen LogP contribution in [0.2, 0.25) is 0 Å². The van der Waals surface area contributed by atoms with E-state index in [1.165, 1.54) is 33.5 Å². The topological polar surface area (TPSA) is 72.7 Å². The molecular formula is C14H15N5OS3. The molecule has 1 N–H and O–H groups in total. The number of thioether (sulfide) groups is 1. The largest absolute Gasteiger partial charge is 0.305 e. The Labute approximate surface area is 146 Å². The fraction of sp³-hybridized carbons (Fsp3) is 0.286. The van der Waals surface area contributed by atoms with Gasteiger partial charge in [-0.1, -0.05) is 11.8 Å². The van der Waals surface area contributed by atoms with Crippen molar-refractivity contribution in [1.82, 2.24) is 19.7 Å². The first-order valence-corrected chi connectivity index (χ1v) is 9.57. The maximum atomic E-state index is 11.9. The molecular weight excluding hydrogens is 350 g/mol. The molecule has 1 amide bonds. The Morgan fingerprint density at radius 2 is 2.17 bits per heavy atom. The van der Waals surface area contributed by atoms with E-state index in [1.54, 1.807) is 17.5 Å². The van der Waals surface area contributed by atoms with E-state index in [9.17, 15) is 4.79 Å². The molecule has 0 fully saturated rings. The molecule has 3 aromatic rings. The molecule has 0 bridgehead atoms. The third kappa shape index (κ3) is 3.46. The second-order valence-corrected chi connectivity index (χ2v) is 7.79. The second kappa shape index (κ2) is 6.81. The zero-order valence-electron chi connectivity index (χ0n) is 12.9. The van der Waals surface area contributed by atoms with Crippen LogP contribution in [0.5, 0.6) is 0 Å². The van der Waals surface area contributed by atoms with Crippen molar-refractivity contribution in [2.75, 3.05) is 11.1 Å². The van der Waals surface area contributed by atoms with E-state index in [4.69, 9.17) is 0 Å². The molecule has 23 heavy (non-hydrogen) atoms. The lowest BCUT2D eigenvalue weighted by molar-refractivity contribution is -0.113. The fourth-order valence-electron chi connectivity index (χ4n) is 1.98. The van der Waals surface area contributed by atoms with Gasteiger partial charge in [0, 0.05) is 34.4 Å². The van der Waals surface area contributed by atoms with E-state index in [2.05, 4.69) is 39.7 Å². The number of rotatable bonds is 5. The number of thiophene rings is 1. The number of hydrogen-bond acceptors (Lipinski definition) is 7. The summed E-state index contributed by atoms with van der Waals surface area (Å²) >= 11 is 4.47. The molecule has 0 aliphatic rings. The fourth-order valence-corrected chi connectivity index (χ4v) is 4.10. The van der Waals surface area contributed by atoms with Gasteiger partial charge in [-0.2, -0.15) is 0 Å². The molecule has 120 valence electrons.